The maximum atomic E-state index is 12.6. The van der Waals surface area contributed by atoms with Gasteiger partial charge in [0, 0.05) is 0 Å². The Labute approximate surface area is 163 Å². The lowest BCUT2D eigenvalue weighted by atomic mass is 10.0. The second kappa shape index (κ2) is 9.74. The van der Waals surface area contributed by atoms with Crippen molar-refractivity contribution in [2.45, 2.75) is 71.6 Å². The molecule has 0 saturated heterocycles. The maximum Gasteiger partial charge on any atom is 0.408 e. The van der Waals surface area contributed by atoms with Gasteiger partial charge in [0.15, 0.2) is 0 Å². The molecule has 0 bridgehead atoms. The van der Waals surface area contributed by atoms with E-state index in [1.54, 1.807) is 34.6 Å². The van der Waals surface area contributed by atoms with E-state index in [1.165, 1.54) is 0 Å². The van der Waals surface area contributed by atoms with Crippen LogP contribution in [-0.4, -0.2) is 42.4 Å². The standard InChI is InChI=1S/C21H34N2O4/c1-15(2)17(14-26-13-16-11-9-8-10-12-16)22-18(24)21(6,7)23-19(25)27-20(3,4)5/h9,11-12,17H,1,8,10,13-14H2,2-7H3,(H,22,24)(H,23,25). The molecule has 0 heterocycles. The molecule has 27 heavy (non-hydrogen) atoms. The summed E-state index contributed by atoms with van der Waals surface area (Å²) in [5.41, 5.74) is 0.155. The third-order valence-corrected chi connectivity index (χ3v) is 3.91. The number of nitrogens with one attached hydrogen (secondary N) is 2. The van der Waals surface area contributed by atoms with Gasteiger partial charge in [-0.3, -0.25) is 4.79 Å². The number of rotatable bonds is 8. The van der Waals surface area contributed by atoms with E-state index in [0.717, 1.165) is 24.0 Å². The lowest BCUT2D eigenvalue weighted by molar-refractivity contribution is -0.127. The zero-order valence-electron chi connectivity index (χ0n) is 17.5. The molecule has 1 atom stereocenters. The smallest absolute Gasteiger partial charge is 0.408 e. The summed E-state index contributed by atoms with van der Waals surface area (Å²) in [4.78, 5) is 24.6. The van der Waals surface area contributed by atoms with Gasteiger partial charge >= 0.3 is 6.09 Å². The van der Waals surface area contributed by atoms with E-state index in [9.17, 15) is 9.59 Å². The first-order valence-electron chi connectivity index (χ1n) is 9.31. The van der Waals surface area contributed by atoms with E-state index in [1.807, 2.05) is 6.92 Å². The van der Waals surface area contributed by atoms with Crippen LogP contribution in [0.4, 0.5) is 4.79 Å². The summed E-state index contributed by atoms with van der Waals surface area (Å²) >= 11 is 0. The number of hydrogen-bond acceptors (Lipinski definition) is 4. The Kier molecular flexibility index (Phi) is 8.28. The van der Waals surface area contributed by atoms with Gasteiger partial charge in [-0.2, -0.15) is 0 Å². The normalized spacial score (nSPS) is 15.6. The monoisotopic (exact) mass is 378 g/mol. The first kappa shape index (κ1) is 23.0. The van der Waals surface area contributed by atoms with Crippen molar-refractivity contribution >= 4 is 12.0 Å². The quantitative estimate of drug-likeness (QED) is 0.632. The van der Waals surface area contributed by atoms with Crippen LogP contribution in [-0.2, 0) is 14.3 Å². The molecule has 2 N–H and O–H groups in total. The van der Waals surface area contributed by atoms with Crippen LogP contribution in [0, 0.1) is 0 Å². The van der Waals surface area contributed by atoms with Crippen molar-refractivity contribution in [3.05, 3.63) is 36.0 Å². The molecular weight excluding hydrogens is 344 g/mol. The summed E-state index contributed by atoms with van der Waals surface area (Å²) in [7, 11) is 0. The average Bonchev–Trinajstić information content (AvgIpc) is 2.52. The largest absolute Gasteiger partial charge is 0.444 e. The van der Waals surface area contributed by atoms with Gasteiger partial charge in [-0.25, -0.2) is 4.79 Å². The molecule has 0 aromatic carbocycles. The molecule has 1 aliphatic carbocycles. The van der Waals surface area contributed by atoms with Crippen molar-refractivity contribution < 1.29 is 19.1 Å². The Bertz CT molecular complexity index is 612. The summed E-state index contributed by atoms with van der Waals surface area (Å²) in [6, 6.07) is -0.342. The highest BCUT2D eigenvalue weighted by atomic mass is 16.6. The van der Waals surface area contributed by atoms with Crippen molar-refractivity contribution in [3.8, 4) is 0 Å². The number of amides is 2. The molecule has 0 spiro atoms. The molecule has 1 aliphatic rings. The van der Waals surface area contributed by atoms with Crippen molar-refractivity contribution in [2.24, 2.45) is 0 Å². The number of carbonyl (C=O) groups excluding carboxylic acids is 2. The Morgan fingerprint density at radius 1 is 1.22 bits per heavy atom. The topological polar surface area (TPSA) is 76.7 Å². The minimum absolute atomic E-state index is 0.314. The van der Waals surface area contributed by atoms with Gasteiger partial charge in [0.25, 0.3) is 0 Å². The van der Waals surface area contributed by atoms with Gasteiger partial charge in [-0.05, 0) is 60.0 Å². The molecule has 0 fully saturated rings. The number of ether oxygens (including phenoxy) is 2. The van der Waals surface area contributed by atoms with Crippen LogP contribution in [0.15, 0.2) is 36.0 Å². The van der Waals surface area contributed by atoms with Gasteiger partial charge in [0.2, 0.25) is 5.91 Å². The SMILES string of the molecule is C=C(C)C(COCC1=CCCC=C1)NC(=O)C(C)(C)NC(=O)OC(C)(C)C. The molecule has 2 amide bonds. The maximum absolute atomic E-state index is 12.6. The van der Waals surface area contributed by atoms with Crippen LogP contribution < -0.4 is 10.6 Å². The van der Waals surface area contributed by atoms with Crippen molar-refractivity contribution in [1.82, 2.24) is 10.6 Å². The number of hydrogen-bond donors (Lipinski definition) is 2. The van der Waals surface area contributed by atoms with E-state index >= 15 is 0 Å². The van der Waals surface area contributed by atoms with Crippen LogP contribution in [0.5, 0.6) is 0 Å². The predicted molar refractivity (Wildman–Crippen MR) is 107 cm³/mol. The minimum Gasteiger partial charge on any atom is -0.444 e. The molecule has 6 nitrogen and oxygen atoms in total. The first-order valence-corrected chi connectivity index (χ1v) is 9.31. The van der Waals surface area contributed by atoms with Crippen molar-refractivity contribution in [2.75, 3.05) is 13.2 Å². The number of carbonyl (C=O) groups is 2. The van der Waals surface area contributed by atoms with Crippen LogP contribution in [0.2, 0.25) is 0 Å². The van der Waals surface area contributed by atoms with E-state index in [4.69, 9.17) is 9.47 Å². The second-order valence-corrected chi connectivity index (χ2v) is 8.40. The average molecular weight is 379 g/mol. The summed E-state index contributed by atoms with van der Waals surface area (Å²) in [6.07, 6.45) is 7.80. The molecule has 0 aliphatic heterocycles. The fourth-order valence-electron chi connectivity index (χ4n) is 2.33. The first-order chi connectivity index (χ1) is 12.4. The Morgan fingerprint density at radius 3 is 2.41 bits per heavy atom. The highest BCUT2D eigenvalue weighted by molar-refractivity contribution is 5.89. The lowest BCUT2D eigenvalue weighted by Gasteiger charge is -2.30. The molecule has 0 radical (unpaired) electrons. The van der Waals surface area contributed by atoms with Gasteiger partial charge in [-0.15, -0.1) is 0 Å². The van der Waals surface area contributed by atoms with E-state index in [2.05, 4.69) is 35.4 Å². The molecule has 6 heteroatoms. The Balaban J connectivity index is 2.57. The van der Waals surface area contributed by atoms with Crippen LogP contribution in [0.25, 0.3) is 0 Å². The molecule has 152 valence electrons. The second-order valence-electron chi connectivity index (χ2n) is 8.40. The minimum atomic E-state index is -1.13. The van der Waals surface area contributed by atoms with Crippen LogP contribution >= 0.6 is 0 Å². The van der Waals surface area contributed by atoms with Crippen LogP contribution in [0.3, 0.4) is 0 Å². The van der Waals surface area contributed by atoms with Crippen molar-refractivity contribution in [1.29, 1.82) is 0 Å². The van der Waals surface area contributed by atoms with Gasteiger partial charge in [0.1, 0.15) is 11.1 Å². The lowest BCUT2D eigenvalue weighted by Crippen LogP contribution is -2.58. The molecule has 0 aromatic heterocycles. The van der Waals surface area contributed by atoms with Gasteiger partial charge in [0.05, 0.1) is 19.3 Å². The zero-order chi connectivity index (χ0) is 20.7. The third kappa shape index (κ3) is 8.91. The van der Waals surface area contributed by atoms with Gasteiger partial charge < -0.3 is 20.1 Å². The molecule has 0 aromatic rings. The van der Waals surface area contributed by atoms with E-state index in [0.29, 0.717) is 13.2 Å². The summed E-state index contributed by atoms with van der Waals surface area (Å²) in [5.74, 6) is -0.332. The van der Waals surface area contributed by atoms with E-state index < -0.39 is 17.2 Å². The Morgan fingerprint density at radius 2 is 1.89 bits per heavy atom. The van der Waals surface area contributed by atoms with Gasteiger partial charge in [-0.1, -0.05) is 30.4 Å². The molecule has 1 rings (SSSR count). The fraction of sp³-hybridized carbons (Fsp3) is 0.619. The van der Waals surface area contributed by atoms with Crippen molar-refractivity contribution in [3.63, 3.8) is 0 Å². The highest BCUT2D eigenvalue weighted by Crippen LogP contribution is 2.12. The third-order valence-electron chi connectivity index (χ3n) is 3.91. The molecular formula is C21H34N2O4. The summed E-state index contributed by atoms with van der Waals surface area (Å²) in [5, 5.41) is 5.49. The summed E-state index contributed by atoms with van der Waals surface area (Å²) in [6.45, 7) is 15.1. The summed E-state index contributed by atoms with van der Waals surface area (Å²) < 4.78 is 11.0. The zero-order valence-corrected chi connectivity index (χ0v) is 17.5. The predicted octanol–water partition coefficient (Wildman–Crippen LogP) is 3.64. The van der Waals surface area contributed by atoms with E-state index in [-0.39, 0.29) is 11.9 Å². The molecule has 1 unspecified atom stereocenters. The molecule has 0 saturated carbocycles. The Hall–Kier alpha value is -2.08. The number of alkyl carbamates (subject to hydrolysis) is 1. The van der Waals surface area contributed by atoms with Crippen LogP contribution in [0.1, 0.15) is 54.4 Å². The number of allylic oxidation sites excluding steroid dienone is 2. The fourth-order valence-corrected chi connectivity index (χ4v) is 2.33. The highest BCUT2D eigenvalue weighted by Gasteiger charge is 2.33.